The topological polar surface area (TPSA) is 92.1 Å². The van der Waals surface area contributed by atoms with Crippen molar-refractivity contribution < 1.29 is 5.03 Å². The molecular weight excluding hydrogens is 246 g/mol. The van der Waals surface area contributed by atoms with Crippen LogP contribution in [-0.4, -0.2) is 28.9 Å². The van der Waals surface area contributed by atoms with Crippen LogP contribution in [0.25, 0.3) is 0 Å². The molecule has 92 valence electrons. The van der Waals surface area contributed by atoms with Gasteiger partial charge in [-0.15, -0.1) is 5.43 Å². The second-order valence-corrected chi connectivity index (χ2v) is 4.18. The van der Waals surface area contributed by atoms with E-state index in [4.69, 9.17) is 11.6 Å². The van der Waals surface area contributed by atoms with Gasteiger partial charge in [0.2, 0.25) is 5.79 Å². The van der Waals surface area contributed by atoms with E-state index in [1.807, 2.05) is 0 Å². The summed E-state index contributed by atoms with van der Waals surface area (Å²) in [4.78, 5) is 14.5. The van der Waals surface area contributed by atoms with E-state index in [2.05, 4.69) is 21.0 Å². The monoisotopic (exact) mass is 257 g/mol. The van der Waals surface area contributed by atoms with Gasteiger partial charge in [0.25, 0.3) is 0 Å². The van der Waals surface area contributed by atoms with Gasteiger partial charge >= 0.3 is 0 Å². The van der Waals surface area contributed by atoms with E-state index in [0.717, 1.165) is 5.56 Å². The second-order valence-electron chi connectivity index (χ2n) is 3.79. The van der Waals surface area contributed by atoms with Crippen molar-refractivity contribution >= 4 is 11.6 Å². The number of pyridine rings is 1. The minimum absolute atomic E-state index is 0.400. The molecule has 1 aliphatic heterocycles. The Bertz CT molecular complexity index is 404. The summed E-state index contributed by atoms with van der Waals surface area (Å²) < 4.78 is 0. The van der Waals surface area contributed by atoms with Gasteiger partial charge in [-0.05, 0) is 11.6 Å². The number of halogens is 1. The molecule has 2 rings (SSSR count). The highest BCUT2D eigenvalue weighted by Crippen LogP contribution is 2.12. The highest BCUT2D eigenvalue weighted by atomic mass is 35.5. The number of nitrogens with one attached hydrogen (secondary N) is 3. The lowest BCUT2D eigenvalue weighted by atomic mass is 10.1. The smallest absolute Gasteiger partial charge is 0.204 e. The Morgan fingerprint density at radius 3 is 2.76 bits per heavy atom. The quantitative estimate of drug-likeness (QED) is 0.397. The molecule has 0 spiro atoms. The van der Waals surface area contributed by atoms with Crippen molar-refractivity contribution in [3.63, 3.8) is 0 Å². The van der Waals surface area contributed by atoms with Crippen LogP contribution in [0.3, 0.4) is 0 Å². The molecule has 1 fully saturated rings. The van der Waals surface area contributed by atoms with Gasteiger partial charge in [-0.1, -0.05) is 17.7 Å². The van der Waals surface area contributed by atoms with Gasteiger partial charge in [0.05, 0.1) is 0 Å². The molecule has 0 unspecified atom stereocenters. The first-order valence-corrected chi connectivity index (χ1v) is 5.50. The third-order valence-corrected chi connectivity index (χ3v) is 2.74. The lowest BCUT2D eigenvalue weighted by molar-refractivity contribution is -0.562. The fraction of sp³-hybridized carbons (Fsp3) is 0.444. The van der Waals surface area contributed by atoms with Crippen molar-refractivity contribution in [3.8, 4) is 0 Å². The van der Waals surface area contributed by atoms with Gasteiger partial charge in [0, 0.05) is 25.7 Å². The zero-order valence-electron chi connectivity index (χ0n) is 8.94. The summed E-state index contributed by atoms with van der Waals surface area (Å²) in [6.45, 7) is 1.34. The summed E-state index contributed by atoms with van der Waals surface area (Å²) in [5.41, 5.74) is 3.11. The first-order valence-electron chi connectivity index (χ1n) is 5.12. The van der Waals surface area contributed by atoms with Crippen molar-refractivity contribution in [1.29, 1.82) is 0 Å². The first-order chi connectivity index (χ1) is 8.10. The Balaban J connectivity index is 2.12. The molecule has 0 aliphatic carbocycles. The van der Waals surface area contributed by atoms with Crippen LogP contribution in [0.1, 0.15) is 5.56 Å². The van der Waals surface area contributed by atoms with Crippen LogP contribution in [0.2, 0.25) is 5.15 Å². The summed E-state index contributed by atoms with van der Waals surface area (Å²) in [7, 11) is 0. The lowest BCUT2D eigenvalue weighted by Gasteiger charge is -2.25. The predicted octanol–water partition coefficient (Wildman–Crippen LogP) is -0.0946. The van der Waals surface area contributed by atoms with E-state index >= 15 is 0 Å². The van der Waals surface area contributed by atoms with Crippen LogP contribution in [0.4, 0.5) is 0 Å². The summed E-state index contributed by atoms with van der Waals surface area (Å²) in [5.74, 6) is -0.918. The molecule has 7 nitrogen and oxygen atoms in total. The summed E-state index contributed by atoms with van der Waals surface area (Å²) in [6.07, 6.45) is 2.01. The van der Waals surface area contributed by atoms with Crippen LogP contribution in [0.5, 0.6) is 0 Å². The zero-order chi connectivity index (χ0) is 12.3. The van der Waals surface area contributed by atoms with E-state index in [-0.39, 0.29) is 0 Å². The maximum atomic E-state index is 10.6. The minimum Gasteiger partial charge on any atom is -0.276 e. The molecular formula is C9H12ClN5O2. The molecule has 3 N–H and O–H groups in total. The molecule has 17 heavy (non-hydrogen) atoms. The summed E-state index contributed by atoms with van der Waals surface area (Å²) in [6, 6.07) is 3.45. The normalized spacial score (nSPS) is 17.9. The van der Waals surface area contributed by atoms with Crippen LogP contribution in [-0.2, 0) is 6.42 Å². The molecule has 0 radical (unpaired) electrons. The van der Waals surface area contributed by atoms with Crippen molar-refractivity contribution in [2.24, 2.45) is 0 Å². The van der Waals surface area contributed by atoms with Crippen LogP contribution in [0.15, 0.2) is 18.3 Å². The molecule has 2 heterocycles. The van der Waals surface area contributed by atoms with E-state index in [0.29, 0.717) is 24.7 Å². The average molecular weight is 258 g/mol. The molecule has 1 aromatic rings. The zero-order valence-corrected chi connectivity index (χ0v) is 9.70. The number of nitrogens with zero attached hydrogens (tertiary/aromatic N) is 2. The van der Waals surface area contributed by atoms with Crippen LogP contribution < -0.4 is 16.1 Å². The van der Waals surface area contributed by atoms with Crippen molar-refractivity contribution in [2.75, 3.05) is 13.1 Å². The van der Waals surface area contributed by atoms with Gasteiger partial charge in [-0.3, -0.25) is 10.6 Å². The molecule has 1 aliphatic rings. The van der Waals surface area contributed by atoms with E-state index in [1.165, 1.54) is 0 Å². The number of hydrogen-bond donors (Lipinski definition) is 3. The molecule has 0 amide bonds. The molecule has 1 saturated heterocycles. The highest BCUT2D eigenvalue weighted by molar-refractivity contribution is 6.29. The average Bonchev–Trinajstić information content (AvgIpc) is 2.69. The molecule has 0 saturated carbocycles. The molecule has 0 aromatic carbocycles. The summed E-state index contributed by atoms with van der Waals surface area (Å²) >= 11 is 5.68. The van der Waals surface area contributed by atoms with E-state index in [1.54, 1.807) is 18.3 Å². The van der Waals surface area contributed by atoms with Crippen LogP contribution >= 0.6 is 11.6 Å². The van der Waals surface area contributed by atoms with Gasteiger partial charge in [-0.2, -0.15) is 0 Å². The summed E-state index contributed by atoms with van der Waals surface area (Å²) in [5, 5.41) is 16.5. The third-order valence-electron chi connectivity index (χ3n) is 2.52. The standard InChI is InChI=1S/C9H12ClN5O2/c10-8-2-1-7(6-11-8)5-9(14-15(16)17)12-3-4-13-9/h1-2,6,12-14H,3-5H2. The Hall–Kier alpha value is -1.44. The first kappa shape index (κ1) is 12.0. The van der Waals surface area contributed by atoms with Crippen LogP contribution in [0, 0.1) is 10.1 Å². The Morgan fingerprint density at radius 2 is 2.24 bits per heavy atom. The van der Waals surface area contributed by atoms with Gasteiger partial charge < -0.3 is 0 Å². The Kier molecular flexibility index (Phi) is 3.41. The van der Waals surface area contributed by atoms with Crippen molar-refractivity contribution in [3.05, 3.63) is 39.2 Å². The van der Waals surface area contributed by atoms with E-state index < -0.39 is 10.8 Å². The lowest BCUT2D eigenvalue weighted by Crippen LogP contribution is -2.63. The Labute approximate surface area is 103 Å². The SMILES string of the molecule is O=[N+]([O-])NC1(Cc2ccc(Cl)nc2)NCCN1. The third kappa shape index (κ3) is 3.02. The maximum Gasteiger partial charge on any atom is 0.204 e. The maximum absolute atomic E-state index is 10.6. The predicted molar refractivity (Wildman–Crippen MR) is 61.8 cm³/mol. The fourth-order valence-corrected chi connectivity index (χ4v) is 1.94. The fourth-order valence-electron chi connectivity index (χ4n) is 1.83. The molecule has 0 atom stereocenters. The number of rotatable bonds is 4. The minimum atomic E-state index is -0.918. The van der Waals surface area contributed by atoms with Crippen molar-refractivity contribution in [1.82, 2.24) is 21.0 Å². The number of aromatic nitrogens is 1. The number of nitro groups is 1. The molecule has 8 heteroatoms. The molecule has 0 bridgehead atoms. The van der Waals surface area contributed by atoms with Gasteiger partial charge in [-0.25, -0.2) is 15.1 Å². The second kappa shape index (κ2) is 4.82. The number of hydrazine groups is 1. The van der Waals surface area contributed by atoms with Crippen molar-refractivity contribution in [2.45, 2.75) is 12.2 Å². The molecule has 1 aromatic heterocycles. The largest absolute Gasteiger partial charge is 0.276 e. The number of hydrogen-bond acceptors (Lipinski definition) is 5. The van der Waals surface area contributed by atoms with Gasteiger partial charge in [0.1, 0.15) is 5.15 Å². The Morgan fingerprint density at radius 1 is 1.53 bits per heavy atom. The van der Waals surface area contributed by atoms with E-state index in [9.17, 15) is 10.1 Å². The highest BCUT2D eigenvalue weighted by Gasteiger charge is 2.37. The van der Waals surface area contributed by atoms with Gasteiger partial charge in [0.15, 0.2) is 5.03 Å².